The fraction of sp³-hybridized carbons (Fsp3) is 0.500. The van der Waals surface area contributed by atoms with E-state index in [1.54, 1.807) is 6.92 Å². The van der Waals surface area contributed by atoms with E-state index in [0.717, 1.165) is 0 Å². The Labute approximate surface area is 88.2 Å². The molecule has 0 aliphatic carbocycles. The molecule has 2 N–H and O–H groups in total. The lowest BCUT2D eigenvalue weighted by Crippen LogP contribution is -2.26. The standard InChI is InChI=1S/C10H15NO4/c1-4-8(7(3)10(14)15)11-9(13)5-6(2)12/h4-5H2,1-3H3,(H,11,13)(H,14,15). The summed E-state index contributed by atoms with van der Waals surface area (Å²) >= 11 is 0. The number of hydrogen-bond donors (Lipinski definition) is 2. The van der Waals surface area contributed by atoms with Crippen molar-refractivity contribution in [2.45, 2.75) is 33.6 Å². The van der Waals surface area contributed by atoms with E-state index in [9.17, 15) is 14.4 Å². The Hall–Kier alpha value is -1.65. The maximum absolute atomic E-state index is 11.2. The van der Waals surface area contributed by atoms with Crippen LogP contribution < -0.4 is 5.32 Å². The lowest BCUT2D eigenvalue weighted by atomic mass is 10.2. The molecule has 5 heteroatoms. The van der Waals surface area contributed by atoms with E-state index >= 15 is 0 Å². The van der Waals surface area contributed by atoms with Crippen LogP contribution in [0.15, 0.2) is 11.3 Å². The molecule has 0 rings (SSSR count). The Bertz CT molecular complexity index is 317. The zero-order valence-electron chi connectivity index (χ0n) is 9.09. The van der Waals surface area contributed by atoms with Gasteiger partial charge in [0.2, 0.25) is 5.91 Å². The van der Waals surface area contributed by atoms with Gasteiger partial charge in [0.1, 0.15) is 5.78 Å². The van der Waals surface area contributed by atoms with E-state index in [1.807, 2.05) is 0 Å². The Morgan fingerprint density at radius 3 is 2.07 bits per heavy atom. The molecule has 0 spiro atoms. The Balaban J connectivity index is 4.60. The van der Waals surface area contributed by atoms with Crippen LogP contribution in [0.25, 0.3) is 0 Å². The molecule has 0 aromatic rings. The van der Waals surface area contributed by atoms with Crippen LogP contribution in [-0.2, 0) is 14.4 Å². The van der Waals surface area contributed by atoms with Gasteiger partial charge in [0.05, 0.1) is 12.0 Å². The van der Waals surface area contributed by atoms with Gasteiger partial charge < -0.3 is 10.4 Å². The van der Waals surface area contributed by atoms with Crippen molar-refractivity contribution in [3.05, 3.63) is 11.3 Å². The number of amides is 1. The first-order valence-electron chi connectivity index (χ1n) is 4.60. The van der Waals surface area contributed by atoms with Crippen LogP contribution >= 0.6 is 0 Å². The second-order valence-corrected chi connectivity index (χ2v) is 3.19. The number of carboxylic acids is 1. The molecule has 0 saturated carbocycles. The molecule has 0 unspecified atom stereocenters. The van der Waals surface area contributed by atoms with E-state index in [0.29, 0.717) is 12.1 Å². The molecule has 0 atom stereocenters. The third-order valence-electron chi connectivity index (χ3n) is 1.83. The predicted octanol–water partition coefficient (Wildman–Crippen LogP) is 0.850. The lowest BCUT2D eigenvalue weighted by molar-refractivity contribution is -0.132. The molecular weight excluding hydrogens is 198 g/mol. The smallest absolute Gasteiger partial charge is 0.333 e. The summed E-state index contributed by atoms with van der Waals surface area (Å²) in [6, 6.07) is 0. The number of carboxylic acid groups (broad SMARTS) is 1. The average molecular weight is 213 g/mol. The normalized spacial score (nSPS) is 11.7. The number of carbonyl (C=O) groups is 3. The molecule has 0 aromatic carbocycles. The first-order chi connectivity index (χ1) is 6.88. The van der Waals surface area contributed by atoms with Gasteiger partial charge in [-0.25, -0.2) is 4.79 Å². The largest absolute Gasteiger partial charge is 0.478 e. The second-order valence-electron chi connectivity index (χ2n) is 3.19. The van der Waals surface area contributed by atoms with Gasteiger partial charge in [-0.2, -0.15) is 0 Å². The zero-order chi connectivity index (χ0) is 12.0. The van der Waals surface area contributed by atoms with Gasteiger partial charge in [-0.15, -0.1) is 0 Å². The topological polar surface area (TPSA) is 83.5 Å². The minimum Gasteiger partial charge on any atom is -0.478 e. The van der Waals surface area contributed by atoms with E-state index in [-0.39, 0.29) is 17.8 Å². The van der Waals surface area contributed by atoms with Crippen molar-refractivity contribution < 1.29 is 19.5 Å². The Morgan fingerprint density at radius 2 is 1.73 bits per heavy atom. The van der Waals surface area contributed by atoms with Crippen LogP contribution in [0.5, 0.6) is 0 Å². The quantitative estimate of drug-likeness (QED) is 0.524. The molecule has 0 aromatic heterocycles. The number of hydrogen-bond acceptors (Lipinski definition) is 3. The van der Waals surface area contributed by atoms with Crippen molar-refractivity contribution in [1.29, 1.82) is 0 Å². The monoisotopic (exact) mass is 213 g/mol. The third kappa shape index (κ3) is 4.95. The molecule has 0 fully saturated rings. The number of allylic oxidation sites excluding steroid dienone is 1. The Morgan fingerprint density at radius 1 is 1.20 bits per heavy atom. The number of nitrogens with one attached hydrogen (secondary N) is 1. The van der Waals surface area contributed by atoms with Crippen LogP contribution in [0.4, 0.5) is 0 Å². The summed E-state index contributed by atoms with van der Waals surface area (Å²) in [4.78, 5) is 32.5. The second kappa shape index (κ2) is 5.95. The van der Waals surface area contributed by atoms with Crippen molar-refractivity contribution >= 4 is 17.7 Å². The molecule has 0 radical (unpaired) electrons. The highest BCUT2D eigenvalue weighted by atomic mass is 16.4. The summed E-state index contributed by atoms with van der Waals surface area (Å²) in [5, 5.41) is 11.1. The van der Waals surface area contributed by atoms with Crippen molar-refractivity contribution in [2.75, 3.05) is 0 Å². The zero-order valence-corrected chi connectivity index (χ0v) is 9.09. The summed E-state index contributed by atoms with van der Waals surface area (Å²) in [6.07, 6.45) is 0.179. The van der Waals surface area contributed by atoms with Crippen molar-refractivity contribution in [2.24, 2.45) is 0 Å². The molecule has 0 saturated heterocycles. The third-order valence-corrected chi connectivity index (χ3v) is 1.83. The molecule has 84 valence electrons. The number of aliphatic carboxylic acids is 1. The number of rotatable bonds is 5. The highest BCUT2D eigenvalue weighted by Crippen LogP contribution is 2.05. The molecule has 1 amide bonds. The maximum atomic E-state index is 11.2. The van der Waals surface area contributed by atoms with Crippen LogP contribution in [-0.4, -0.2) is 22.8 Å². The van der Waals surface area contributed by atoms with Gasteiger partial charge in [0.25, 0.3) is 0 Å². The lowest BCUT2D eigenvalue weighted by Gasteiger charge is -2.08. The van der Waals surface area contributed by atoms with Crippen LogP contribution in [0.2, 0.25) is 0 Å². The van der Waals surface area contributed by atoms with Crippen LogP contribution in [0.1, 0.15) is 33.6 Å². The highest BCUT2D eigenvalue weighted by molar-refractivity contribution is 5.98. The predicted molar refractivity (Wildman–Crippen MR) is 54.1 cm³/mol. The van der Waals surface area contributed by atoms with Gasteiger partial charge >= 0.3 is 5.97 Å². The fourth-order valence-corrected chi connectivity index (χ4v) is 1.01. The van der Waals surface area contributed by atoms with E-state index < -0.39 is 11.9 Å². The minimum atomic E-state index is -1.07. The van der Waals surface area contributed by atoms with E-state index in [1.165, 1.54) is 13.8 Å². The van der Waals surface area contributed by atoms with Gasteiger partial charge in [-0.3, -0.25) is 9.59 Å². The first kappa shape index (κ1) is 13.4. The molecule has 0 aliphatic heterocycles. The van der Waals surface area contributed by atoms with Gasteiger partial charge in [0.15, 0.2) is 0 Å². The summed E-state index contributed by atoms with van der Waals surface area (Å²) < 4.78 is 0. The van der Waals surface area contributed by atoms with Gasteiger partial charge in [-0.05, 0) is 20.3 Å². The molecule has 0 aliphatic rings. The molecule has 0 heterocycles. The summed E-state index contributed by atoms with van der Waals surface area (Å²) in [6.45, 7) is 4.45. The van der Waals surface area contributed by atoms with Crippen molar-refractivity contribution in [3.63, 3.8) is 0 Å². The van der Waals surface area contributed by atoms with Crippen LogP contribution in [0.3, 0.4) is 0 Å². The number of carbonyl (C=O) groups excluding carboxylic acids is 2. The molecule has 0 bridgehead atoms. The van der Waals surface area contributed by atoms with Gasteiger partial charge in [0, 0.05) is 5.70 Å². The summed E-state index contributed by atoms with van der Waals surface area (Å²) in [7, 11) is 0. The van der Waals surface area contributed by atoms with E-state index in [2.05, 4.69) is 5.32 Å². The molecule has 5 nitrogen and oxygen atoms in total. The highest BCUT2D eigenvalue weighted by Gasteiger charge is 2.11. The van der Waals surface area contributed by atoms with Crippen molar-refractivity contribution in [3.8, 4) is 0 Å². The summed E-state index contributed by atoms with van der Waals surface area (Å²) in [5.74, 6) is -1.80. The fourth-order valence-electron chi connectivity index (χ4n) is 1.01. The van der Waals surface area contributed by atoms with Crippen molar-refractivity contribution in [1.82, 2.24) is 5.32 Å². The minimum absolute atomic E-state index is 0.0920. The molecular formula is C10H15NO4. The van der Waals surface area contributed by atoms with Gasteiger partial charge in [-0.1, -0.05) is 6.92 Å². The average Bonchev–Trinajstić information content (AvgIpc) is 2.11. The van der Waals surface area contributed by atoms with E-state index in [4.69, 9.17) is 5.11 Å². The Kier molecular flexibility index (Phi) is 5.30. The van der Waals surface area contributed by atoms with Crippen LogP contribution in [0, 0.1) is 0 Å². The summed E-state index contributed by atoms with van der Waals surface area (Å²) in [5.41, 5.74) is 0.433. The maximum Gasteiger partial charge on any atom is 0.333 e. The number of Topliss-reactive ketones (excluding diaryl/α,β-unsaturated/α-hetero) is 1. The number of ketones is 1. The molecule has 15 heavy (non-hydrogen) atoms. The SMILES string of the molecule is CCC(NC(=O)CC(C)=O)=C(C)C(=O)O. The first-order valence-corrected chi connectivity index (χ1v) is 4.60.